The summed E-state index contributed by atoms with van der Waals surface area (Å²) in [5.74, 6) is 0. The molecule has 1 rings (SSSR count). The molecule has 18 heavy (non-hydrogen) atoms. The molecule has 0 aliphatic heterocycles. The number of aryl methyl sites for hydroxylation is 2. The van der Waals surface area contributed by atoms with Gasteiger partial charge in [0.15, 0.2) is 0 Å². The molecule has 0 bridgehead atoms. The lowest BCUT2D eigenvalue weighted by Gasteiger charge is -2.16. The number of unbranched alkanes of at least 4 members (excludes halogenated alkanes) is 4. The fourth-order valence-corrected chi connectivity index (χ4v) is 3.47. The Morgan fingerprint density at radius 2 is 1.83 bits per heavy atom. The predicted octanol–water partition coefficient (Wildman–Crippen LogP) is 5.38. The van der Waals surface area contributed by atoms with E-state index < -0.39 is 0 Å². The minimum atomic E-state index is 0.578. The lowest BCUT2D eigenvalue weighted by molar-refractivity contribution is 0.484. The van der Waals surface area contributed by atoms with Crippen molar-refractivity contribution in [2.24, 2.45) is 0 Å². The van der Waals surface area contributed by atoms with E-state index in [-0.39, 0.29) is 0 Å². The van der Waals surface area contributed by atoms with Gasteiger partial charge in [0.2, 0.25) is 0 Å². The summed E-state index contributed by atoms with van der Waals surface area (Å²) in [6.07, 6.45) is 8.16. The van der Waals surface area contributed by atoms with Crippen molar-refractivity contribution < 1.29 is 0 Å². The molecule has 0 aliphatic carbocycles. The van der Waals surface area contributed by atoms with Gasteiger partial charge < -0.3 is 5.32 Å². The van der Waals surface area contributed by atoms with Gasteiger partial charge >= 0.3 is 0 Å². The van der Waals surface area contributed by atoms with Gasteiger partial charge in [-0.25, -0.2) is 0 Å². The molecule has 1 atom stereocenters. The monoisotopic (exact) mass is 267 g/mol. The second-order valence-corrected chi connectivity index (χ2v) is 6.49. The first-order chi connectivity index (χ1) is 8.69. The third kappa shape index (κ3) is 5.11. The minimum Gasteiger partial charge on any atom is -0.310 e. The van der Waals surface area contributed by atoms with Gasteiger partial charge in [-0.15, -0.1) is 11.3 Å². The first kappa shape index (κ1) is 15.7. The highest BCUT2D eigenvalue weighted by atomic mass is 32.1. The van der Waals surface area contributed by atoms with Crippen LogP contribution in [0.15, 0.2) is 6.07 Å². The summed E-state index contributed by atoms with van der Waals surface area (Å²) in [7, 11) is 0. The normalized spacial score (nSPS) is 12.9. The summed E-state index contributed by atoms with van der Waals surface area (Å²) in [5, 5.41) is 3.64. The molecule has 1 unspecified atom stereocenters. The second-order valence-electron chi connectivity index (χ2n) is 5.20. The van der Waals surface area contributed by atoms with Gasteiger partial charge in [-0.05, 0) is 38.4 Å². The summed E-state index contributed by atoms with van der Waals surface area (Å²) < 4.78 is 0. The average Bonchev–Trinajstić information content (AvgIpc) is 2.68. The highest BCUT2D eigenvalue weighted by molar-refractivity contribution is 7.12. The number of hydrogen-bond acceptors (Lipinski definition) is 2. The summed E-state index contributed by atoms with van der Waals surface area (Å²) >= 11 is 1.97. The van der Waals surface area contributed by atoms with E-state index in [4.69, 9.17) is 0 Å². The van der Waals surface area contributed by atoms with Crippen molar-refractivity contribution in [3.8, 4) is 0 Å². The quantitative estimate of drug-likeness (QED) is 0.593. The van der Waals surface area contributed by atoms with Crippen molar-refractivity contribution in [2.45, 2.75) is 72.3 Å². The zero-order valence-electron chi connectivity index (χ0n) is 12.5. The molecule has 1 aromatic heterocycles. The van der Waals surface area contributed by atoms with Crippen molar-refractivity contribution in [3.05, 3.63) is 21.4 Å². The molecule has 0 amide bonds. The molecular formula is C16H29NS. The first-order valence-corrected chi connectivity index (χ1v) is 8.31. The maximum atomic E-state index is 3.64. The molecule has 1 heterocycles. The Kier molecular flexibility index (Phi) is 7.60. The minimum absolute atomic E-state index is 0.578. The van der Waals surface area contributed by atoms with E-state index in [2.05, 4.69) is 39.1 Å². The predicted molar refractivity (Wildman–Crippen MR) is 83.6 cm³/mol. The molecule has 0 fully saturated rings. The van der Waals surface area contributed by atoms with E-state index in [9.17, 15) is 0 Å². The van der Waals surface area contributed by atoms with Crippen molar-refractivity contribution >= 4 is 11.3 Å². The first-order valence-electron chi connectivity index (χ1n) is 7.49. The molecule has 104 valence electrons. The summed E-state index contributed by atoms with van der Waals surface area (Å²) in [5.41, 5.74) is 1.45. The molecule has 0 aromatic carbocycles. The maximum Gasteiger partial charge on any atom is 0.0414 e. The molecule has 0 saturated heterocycles. The Morgan fingerprint density at radius 1 is 1.11 bits per heavy atom. The third-order valence-electron chi connectivity index (χ3n) is 3.58. The maximum absolute atomic E-state index is 3.64. The Bertz CT molecular complexity index is 310. The van der Waals surface area contributed by atoms with E-state index in [0.717, 1.165) is 6.54 Å². The Morgan fingerprint density at radius 3 is 2.39 bits per heavy atom. The second kappa shape index (κ2) is 8.71. The van der Waals surface area contributed by atoms with E-state index in [1.165, 1.54) is 53.8 Å². The Balaban J connectivity index is 2.44. The lowest BCUT2D eigenvalue weighted by Crippen LogP contribution is -2.19. The molecule has 0 aliphatic rings. The van der Waals surface area contributed by atoms with Crippen LogP contribution >= 0.6 is 11.3 Å². The van der Waals surface area contributed by atoms with Crippen LogP contribution in [0.1, 0.15) is 73.7 Å². The SMILES string of the molecule is CCCCCCCC(NCC)c1cc(C)c(C)s1. The van der Waals surface area contributed by atoms with Crippen LogP contribution in [0.5, 0.6) is 0 Å². The molecular weight excluding hydrogens is 238 g/mol. The van der Waals surface area contributed by atoms with Gasteiger partial charge in [-0.2, -0.15) is 0 Å². The highest BCUT2D eigenvalue weighted by Gasteiger charge is 2.13. The highest BCUT2D eigenvalue weighted by Crippen LogP contribution is 2.29. The molecule has 1 aromatic rings. The van der Waals surface area contributed by atoms with Gasteiger partial charge in [0.1, 0.15) is 0 Å². The molecule has 0 spiro atoms. The van der Waals surface area contributed by atoms with Crippen LogP contribution in [-0.2, 0) is 0 Å². The zero-order chi connectivity index (χ0) is 13.4. The van der Waals surface area contributed by atoms with Gasteiger partial charge in [-0.1, -0.05) is 46.0 Å². The van der Waals surface area contributed by atoms with Crippen LogP contribution < -0.4 is 5.32 Å². The molecule has 1 N–H and O–H groups in total. The van der Waals surface area contributed by atoms with E-state index in [0.29, 0.717) is 6.04 Å². The van der Waals surface area contributed by atoms with Crippen molar-refractivity contribution in [3.63, 3.8) is 0 Å². The van der Waals surface area contributed by atoms with Crippen molar-refractivity contribution in [2.75, 3.05) is 6.54 Å². The average molecular weight is 267 g/mol. The van der Waals surface area contributed by atoms with E-state index in [1.54, 1.807) is 0 Å². The number of rotatable bonds is 9. The summed E-state index contributed by atoms with van der Waals surface area (Å²) in [6, 6.07) is 2.95. The van der Waals surface area contributed by atoms with Crippen LogP contribution in [0, 0.1) is 13.8 Å². The van der Waals surface area contributed by atoms with Crippen LogP contribution in [0.2, 0.25) is 0 Å². The van der Waals surface area contributed by atoms with Gasteiger partial charge in [0.25, 0.3) is 0 Å². The number of nitrogens with one attached hydrogen (secondary N) is 1. The van der Waals surface area contributed by atoms with Gasteiger partial charge in [-0.3, -0.25) is 0 Å². The molecule has 1 nitrogen and oxygen atoms in total. The standard InChI is InChI=1S/C16H29NS/c1-5-7-8-9-10-11-15(17-6-2)16-12-13(3)14(4)18-16/h12,15,17H,5-11H2,1-4H3. The number of thiophene rings is 1. The zero-order valence-corrected chi connectivity index (χ0v) is 13.3. The number of hydrogen-bond donors (Lipinski definition) is 1. The van der Waals surface area contributed by atoms with E-state index >= 15 is 0 Å². The van der Waals surface area contributed by atoms with Crippen LogP contribution in [0.4, 0.5) is 0 Å². The van der Waals surface area contributed by atoms with E-state index in [1.807, 2.05) is 11.3 Å². The van der Waals surface area contributed by atoms with Crippen LogP contribution in [-0.4, -0.2) is 6.54 Å². The Labute approximate surface area is 117 Å². The lowest BCUT2D eigenvalue weighted by atomic mass is 10.0. The van der Waals surface area contributed by atoms with Crippen molar-refractivity contribution in [1.82, 2.24) is 5.32 Å². The van der Waals surface area contributed by atoms with Gasteiger partial charge in [0, 0.05) is 15.8 Å². The topological polar surface area (TPSA) is 12.0 Å². The van der Waals surface area contributed by atoms with Gasteiger partial charge in [0.05, 0.1) is 0 Å². The largest absolute Gasteiger partial charge is 0.310 e. The van der Waals surface area contributed by atoms with Crippen LogP contribution in [0.3, 0.4) is 0 Å². The van der Waals surface area contributed by atoms with Crippen molar-refractivity contribution in [1.29, 1.82) is 0 Å². The summed E-state index contributed by atoms with van der Waals surface area (Å²) in [4.78, 5) is 3.00. The fraction of sp³-hybridized carbons (Fsp3) is 0.750. The third-order valence-corrected chi connectivity index (χ3v) is 4.84. The summed E-state index contributed by atoms with van der Waals surface area (Å²) in [6.45, 7) is 10.00. The Hall–Kier alpha value is -0.340. The molecule has 2 heteroatoms. The fourth-order valence-electron chi connectivity index (χ4n) is 2.32. The smallest absolute Gasteiger partial charge is 0.0414 e. The molecule has 0 radical (unpaired) electrons. The molecule has 0 saturated carbocycles. The van der Waals surface area contributed by atoms with Crippen LogP contribution in [0.25, 0.3) is 0 Å².